The van der Waals surface area contributed by atoms with Gasteiger partial charge in [-0.2, -0.15) is 0 Å². The third-order valence-electron chi connectivity index (χ3n) is 3.49. The lowest BCUT2D eigenvalue weighted by Gasteiger charge is -2.25. The molecule has 0 saturated carbocycles. The number of rotatable bonds is 5. The Morgan fingerprint density at radius 3 is 2.55 bits per heavy atom. The summed E-state index contributed by atoms with van der Waals surface area (Å²) in [5.41, 5.74) is 1.69. The summed E-state index contributed by atoms with van der Waals surface area (Å²) in [6, 6.07) is 8.26. The van der Waals surface area contributed by atoms with Crippen molar-refractivity contribution in [2.24, 2.45) is 0 Å². The van der Waals surface area contributed by atoms with E-state index < -0.39 is 17.9 Å². The van der Waals surface area contributed by atoms with Gasteiger partial charge in [0.25, 0.3) is 5.91 Å². The quantitative estimate of drug-likeness (QED) is 0.905. The Balaban J connectivity index is 2.23. The molecule has 0 radical (unpaired) electrons. The van der Waals surface area contributed by atoms with Crippen molar-refractivity contribution in [1.29, 1.82) is 0 Å². The van der Waals surface area contributed by atoms with Crippen LogP contribution in [0.15, 0.2) is 42.9 Å². The first kappa shape index (κ1) is 15.6. The highest BCUT2D eigenvalue weighted by Crippen LogP contribution is 2.13. The summed E-state index contributed by atoms with van der Waals surface area (Å²) in [6.07, 6.45) is 3.00. The van der Waals surface area contributed by atoms with Gasteiger partial charge in [-0.3, -0.25) is 4.79 Å². The van der Waals surface area contributed by atoms with Crippen molar-refractivity contribution in [2.45, 2.75) is 19.4 Å². The molecule has 6 heteroatoms. The number of amides is 1. The lowest BCUT2D eigenvalue weighted by Crippen LogP contribution is -2.44. The molecule has 1 heterocycles. The fraction of sp³-hybridized carbons (Fsp3) is 0.250. The summed E-state index contributed by atoms with van der Waals surface area (Å²) in [4.78, 5) is 33.0. The molecule has 0 saturated heterocycles. The fourth-order valence-electron chi connectivity index (χ4n) is 2.16. The Morgan fingerprint density at radius 1 is 1.27 bits per heavy atom. The summed E-state index contributed by atoms with van der Waals surface area (Å²) in [5, 5.41) is 9.44. The van der Waals surface area contributed by atoms with Crippen LogP contribution in [-0.2, 0) is 11.2 Å². The Bertz CT molecular complexity index is 673. The van der Waals surface area contributed by atoms with Crippen molar-refractivity contribution in [3.63, 3.8) is 0 Å². The van der Waals surface area contributed by atoms with E-state index in [1.54, 1.807) is 6.92 Å². The van der Waals surface area contributed by atoms with Crippen molar-refractivity contribution in [3.8, 4) is 0 Å². The Hall–Kier alpha value is -2.76. The first-order valence-electron chi connectivity index (χ1n) is 6.81. The van der Waals surface area contributed by atoms with Gasteiger partial charge in [-0.1, -0.05) is 30.3 Å². The van der Waals surface area contributed by atoms with E-state index in [2.05, 4.69) is 9.97 Å². The number of likely N-dealkylation sites (N-methyl/N-ethyl adjacent to an activating group) is 1. The lowest BCUT2D eigenvalue weighted by molar-refractivity contribution is -0.141. The molecular formula is C16H17N3O3. The third-order valence-corrected chi connectivity index (χ3v) is 3.49. The molecule has 1 aromatic carbocycles. The van der Waals surface area contributed by atoms with Gasteiger partial charge in [-0.15, -0.1) is 0 Å². The largest absolute Gasteiger partial charge is 0.480 e. The van der Waals surface area contributed by atoms with E-state index in [9.17, 15) is 14.7 Å². The van der Waals surface area contributed by atoms with E-state index in [0.29, 0.717) is 11.3 Å². The minimum absolute atomic E-state index is 0.241. The van der Waals surface area contributed by atoms with Gasteiger partial charge in [0.05, 0.1) is 11.3 Å². The molecular weight excluding hydrogens is 282 g/mol. The molecule has 114 valence electrons. The summed E-state index contributed by atoms with van der Waals surface area (Å²) in [6.45, 7) is 1.69. The van der Waals surface area contributed by atoms with E-state index in [0.717, 1.165) is 5.56 Å². The SMILES string of the molecule is Cc1ncncc1C(=O)N(C)C(Cc1ccccc1)C(=O)O. The van der Waals surface area contributed by atoms with E-state index >= 15 is 0 Å². The van der Waals surface area contributed by atoms with Crippen molar-refractivity contribution in [3.05, 3.63) is 59.7 Å². The van der Waals surface area contributed by atoms with Crippen molar-refractivity contribution < 1.29 is 14.7 Å². The molecule has 1 unspecified atom stereocenters. The van der Waals surface area contributed by atoms with Crippen LogP contribution >= 0.6 is 0 Å². The van der Waals surface area contributed by atoms with Crippen LogP contribution in [0.3, 0.4) is 0 Å². The summed E-state index contributed by atoms with van der Waals surface area (Å²) >= 11 is 0. The minimum atomic E-state index is -1.05. The topological polar surface area (TPSA) is 83.4 Å². The second kappa shape index (κ2) is 6.80. The van der Waals surface area contributed by atoms with Crippen molar-refractivity contribution in [2.75, 3.05) is 7.05 Å². The standard InChI is InChI=1S/C16H17N3O3/c1-11-13(9-17-10-18-11)15(20)19(2)14(16(21)22)8-12-6-4-3-5-7-12/h3-7,9-10,14H,8H2,1-2H3,(H,21,22). The number of benzene rings is 1. The Kier molecular flexibility index (Phi) is 4.83. The van der Waals surface area contributed by atoms with Gasteiger partial charge >= 0.3 is 5.97 Å². The second-order valence-electron chi connectivity index (χ2n) is 4.98. The number of carboxylic acids is 1. The minimum Gasteiger partial charge on any atom is -0.480 e. The maximum absolute atomic E-state index is 12.5. The predicted octanol–water partition coefficient (Wildman–Crippen LogP) is 1.55. The molecule has 6 nitrogen and oxygen atoms in total. The Labute approximate surface area is 128 Å². The highest BCUT2D eigenvalue weighted by Gasteiger charge is 2.28. The Morgan fingerprint density at radius 2 is 1.95 bits per heavy atom. The van der Waals surface area contributed by atoms with Gasteiger partial charge < -0.3 is 10.0 Å². The van der Waals surface area contributed by atoms with Crippen LogP contribution in [0.2, 0.25) is 0 Å². The summed E-state index contributed by atoms with van der Waals surface area (Å²) in [7, 11) is 1.48. The van der Waals surface area contributed by atoms with E-state index in [1.165, 1.54) is 24.5 Å². The van der Waals surface area contributed by atoms with E-state index in [1.807, 2.05) is 30.3 Å². The number of carboxylic acid groups (broad SMARTS) is 1. The zero-order valence-corrected chi connectivity index (χ0v) is 12.4. The molecule has 1 aromatic heterocycles. The molecule has 2 aromatic rings. The first-order chi connectivity index (χ1) is 10.5. The van der Waals surface area contributed by atoms with E-state index in [4.69, 9.17) is 0 Å². The van der Waals surface area contributed by atoms with Crippen LogP contribution < -0.4 is 0 Å². The average Bonchev–Trinajstić information content (AvgIpc) is 2.52. The molecule has 2 rings (SSSR count). The molecule has 0 aliphatic rings. The molecule has 0 bridgehead atoms. The predicted molar refractivity (Wildman–Crippen MR) is 80.4 cm³/mol. The number of aromatic nitrogens is 2. The molecule has 0 fully saturated rings. The number of nitrogens with zero attached hydrogens (tertiary/aromatic N) is 3. The van der Waals surface area contributed by atoms with Crippen molar-refractivity contribution in [1.82, 2.24) is 14.9 Å². The molecule has 0 spiro atoms. The lowest BCUT2D eigenvalue weighted by atomic mass is 10.0. The van der Waals surface area contributed by atoms with Crippen LogP contribution in [0.25, 0.3) is 0 Å². The van der Waals surface area contributed by atoms with Crippen LogP contribution in [0.5, 0.6) is 0 Å². The number of aryl methyl sites for hydroxylation is 1. The van der Waals surface area contributed by atoms with Crippen molar-refractivity contribution >= 4 is 11.9 Å². The van der Waals surface area contributed by atoms with Crippen LogP contribution in [0.4, 0.5) is 0 Å². The van der Waals surface area contributed by atoms with Crippen LogP contribution in [0.1, 0.15) is 21.6 Å². The van der Waals surface area contributed by atoms with Crippen LogP contribution in [-0.4, -0.2) is 44.9 Å². The number of carbonyl (C=O) groups excluding carboxylic acids is 1. The van der Waals surface area contributed by atoms with Gasteiger partial charge in [-0.05, 0) is 12.5 Å². The summed E-state index contributed by atoms with van der Waals surface area (Å²) < 4.78 is 0. The van der Waals surface area contributed by atoms with Gasteiger partial charge in [0.1, 0.15) is 12.4 Å². The molecule has 22 heavy (non-hydrogen) atoms. The summed E-state index contributed by atoms with van der Waals surface area (Å²) in [5.74, 6) is -1.45. The van der Waals surface area contributed by atoms with Gasteiger partial charge in [0, 0.05) is 19.7 Å². The maximum atomic E-state index is 12.5. The highest BCUT2D eigenvalue weighted by molar-refractivity contribution is 5.97. The number of carbonyl (C=O) groups is 2. The molecule has 0 aliphatic heterocycles. The van der Waals surface area contributed by atoms with Gasteiger partial charge in [0.2, 0.25) is 0 Å². The molecule has 1 N–H and O–H groups in total. The van der Waals surface area contributed by atoms with Gasteiger partial charge in [0.15, 0.2) is 0 Å². The number of hydrogen-bond donors (Lipinski definition) is 1. The number of hydrogen-bond acceptors (Lipinski definition) is 4. The van der Waals surface area contributed by atoms with Crippen LogP contribution in [0, 0.1) is 6.92 Å². The molecule has 1 atom stereocenters. The number of aliphatic carboxylic acids is 1. The fourth-order valence-corrected chi connectivity index (χ4v) is 2.16. The monoisotopic (exact) mass is 299 g/mol. The molecule has 1 amide bonds. The zero-order valence-electron chi connectivity index (χ0n) is 12.4. The smallest absolute Gasteiger partial charge is 0.326 e. The van der Waals surface area contributed by atoms with E-state index in [-0.39, 0.29) is 6.42 Å². The van der Waals surface area contributed by atoms with Gasteiger partial charge in [-0.25, -0.2) is 14.8 Å². The maximum Gasteiger partial charge on any atom is 0.326 e. The normalized spacial score (nSPS) is 11.7. The highest BCUT2D eigenvalue weighted by atomic mass is 16.4. The third kappa shape index (κ3) is 3.46. The second-order valence-corrected chi connectivity index (χ2v) is 4.98. The first-order valence-corrected chi connectivity index (χ1v) is 6.81. The zero-order chi connectivity index (χ0) is 16.1. The average molecular weight is 299 g/mol. The molecule has 0 aliphatic carbocycles.